The molecule has 0 radical (unpaired) electrons. The molecule has 2 heterocycles. The van der Waals surface area contributed by atoms with E-state index in [2.05, 4.69) is 11.2 Å². The second-order valence-corrected chi connectivity index (χ2v) is 5.84. The smallest absolute Gasteiger partial charge is 0.329 e. The van der Waals surface area contributed by atoms with E-state index in [4.69, 9.17) is 5.26 Å². The van der Waals surface area contributed by atoms with Crippen LogP contribution in [0.3, 0.4) is 0 Å². The zero-order valence-electron chi connectivity index (χ0n) is 11.3. The average Bonchev–Trinajstić information content (AvgIpc) is 2.71. The van der Waals surface area contributed by atoms with Gasteiger partial charge in [-0.2, -0.15) is 17.0 Å². The minimum Gasteiger partial charge on any atom is -0.350 e. The Morgan fingerprint density at radius 2 is 2.40 bits per heavy atom. The third-order valence-corrected chi connectivity index (χ3v) is 4.52. The fourth-order valence-electron chi connectivity index (χ4n) is 2.43. The van der Waals surface area contributed by atoms with Crippen molar-refractivity contribution in [3.63, 3.8) is 0 Å². The molecule has 1 aromatic heterocycles. The van der Waals surface area contributed by atoms with Gasteiger partial charge in [-0.05, 0) is 25.2 Å². The standard InChI is InChI=1S/C13H16N4O2S/c1-20-11-4-2-3-7-16(9-11)13-12(17(18)19)10(8-14)5-6-15-13/h5-6,11H,2-4,7,9H2,1H3. The van der Waals surface area contributed by atoms with E-state index in [0.717, 1.165) is 32.4 Å². The highest BCUT2D eigenvalue weighted by molar-refractivity contribution is 7.99. The number of nitriles is 1. The lowest BCUT2D eigenvalue weighted by molar-refractivity contribution is -0.384. The Labute approximate surface area is 121 Å². The number of hydrogen-bond acceptors (Lipinski definition) is 6. The Kier molecular flexibility index (Phi) is 4.79. The molecule has 1 aromatic rings. The van der Waals surface area contributed by atoms with Crippen molar-refractivity contribution in [1.82, 2.24) is 4.98 Å². The Hall–Kier alpha value is -1.81. The molecule has 0 amide bonds. The number of hydrogen-bond donors (Lipinski definition) is 0. The number of pyridine rings is 1. The van der Waals surface area contributed by atoms with Crippen molar-refractivity contribution < 1.29 is 4.92 Å². The Morgan fingerprint density at radius 3 is 3.05 bits per heavy atom. The summed E-state index contributed by atoms with van der Waals surface area (Å²) in [6, 6.07) is 3.28. The van der Waals surface area contributed by atoms with E-state index in [9.17, 15) is 10.1 Å². The van der Waals surface area contributed by atoms with Gasteiger partial charge in [-0.15, -0.1) is 0 Å². The molecule has 0 N–H and O–H groups in total. The van der Waals surface area contributed by atoms with Crippen LogP contribution in [0.5, 0.6) is 0 Å². The summed E-state index contributed by atoms with van der Waals surface area (Å²) < 4.78 is 0. The Bertz CT molecular complexity index is 544. The molecule has 0 saturated carbocycles. The molecule has 2 rings (SSSR count). The summed E-state index contributed by atoms with van der Waals surface area (Å²) in [6.45, 7) is 1.49. The summed E-state index contributed by atoms with van der Waals surface area (Å²) in [5.41, 5.74) is -0.0956. The molecule has 7 heteroatoms. The van der Waals surface area contributed by atoms with Crippen LogP contribution in [0.4, 0.5) is 11.5 Å². The number of thioether (sulfide) groups is 1. The number of nitro groups is 1. The minimum absolute atomic E-state index is 0.0740. The van der Waals surface area contributed by atoms with E-state index in [1.807, 2.05) is 11.0 Å². The molecular formula is C13H16N4O2S. The number of aromatic nitrogens is 1. The molecule has 6 nitrogen and oxygen atoms in total. The first-order chi connectivity index (χ1) is 9.67. The van der Waals surface area contributed by atoms with Crippen molar-refractivity contribution in [1.29, 1.82) is 5.26 Å². The number of nitrogens with zero attached hydrogens (tertiary/aromatic N) is 4. The van der Waals surface area contributed by atoms with Gasteiger partial charge in [0.25, 0.3) is 0 Å². The first kappa shape index (κ1) is 14.6. The van der Waals surface area contributed by atoms with E-state index in [0.29, 0.717) is 11.1 Å². The van der Waals surface area contributed by atoms with E-state index >= 15 is 0 Å². The molecule has 1 atom stereocenters. The van der Waals surface area contributed by atoms with Crippen molar-refractivity contribution in [3.05, 3.63) is 27.9 Å². The predicted molar refractivity (Wildman–Crippen MR) is 79.0 cm³/mol. The third-order valence-electron chi connectivity index (χ3n) is 3.47. The molecule has 1 fully saturated rings. The van der Waals surface area contributed by atoms with Gasteiger partial charge < -0.3 is 4.90 Å². The lowest BCUT2D eigenvalue weighted by Gasteiger charge is -2.24. The van der Waals surface area contributed by atoms with Crippen LogP contribution in [0.1, 0.15) is 24.8 Å². The number of anilines is 1. The van der Waals surface area contributed by atoms with Gasteiger partial charge in [-0.3, -0.25) is 10.1 Å². The van der Waals surface area contributed by atoms with Crippen molar-refractivity contribution in [3.8, 4) is 6.07 Å². The molecule has 106 valence electrons. The van der Waals surface area contributed by atoms with E-state index in [-0.39, 0.29) is 11.3 Å². The maximum Gasteiger partial charge on any atom is 0.329 e. The highest BCUT2D eigenvalue weighted by Crippen LogP contribution is 2.32. The predicted octanol–water partition coefficient (Wildman–Crippen LogP) is 2.58. The van der Waals surface area contributed by atoms with Gasteiger partial charge in [0.2, 0.25) is 5.82 Å². The van der Waals surface area contributed by atoms with Crippen LogP contribution in [0.25, 0.3) is 0 Å². The third kappa shape index (κ3) is 3.02. The Morgan fingerprint density at radius 1 is 1.60 bits per heavy atom. The molecule has 1 aliphatic rings. The molecule has 0 bridgehead atoms. The van der Waals surface area contributed by atoms with Gasteiger partial charge >= 0.3 is 5.69 Å². The molecule has 1 saturated heterocycles. The van der Waals surface area contributed by atoms with Crippen LogP contribution in [0.15, 0.2) is 12.3 Å². The lowest BCUT2D eigenvalue weighted by Crippen LogP contribution is -2.31. The molecular weight excluding hydrogens is 276 g/mol. The topological polar surface area (TPSA) is 83.1 Å². The maximum absolute atomic E-state index is 11.3. The van der Waals surface area contributed by atoms with Crippen LogP contribution < -0.4 is 4.90 Å². The van der Waals surface area contributed by atoms with E-state index in [1.165, 1.54) is 12.3 Å². The van der Waals surface area contributed by atoms with E-state index < -0.39 is 4.92 Å². The van der Waals surface area contributed by atoms with Crippen molar-refractivity contribution in [2.45, 2.75) is 24.5 Å². The lowest BCUT2D eigenvalue weighted by atomic mass is 10.2. The summed E-state index contributed by atoms with van der Waals surface area (Å²) in [6.07, 6.45) is 6.76. The van der Waals surface area contributed by atoms with Crippen LogP contribution >= 0.6 is 11.8 Å². The zero-order valence-corrected chi connectivity index (χ0v) is 12.1. The molecule has 20 heavy (non-hydrogen) atoms. The zero-order chi connectivity index (χ0) is 14.5. The summed E-state index contributed by atoms with van der Waals surface area (Å²) in [5, 5.41) is 20.8. The quantitative estimate of drug-likeness (QED) is 0.629. The fourth-order valence-corrected chi connectivity index (χ4v) is 3.16. The molecule has 0 aromatic carbocycles. The van der Waals surface area contributed by atoms with Crippen LogP contribution in [0.2, 0.25) is 0 Å². The van der Waals surface area contributed by atoms with Crippen molar-refractivity contribution >= 4 is 23.3 Å². The Balaban J connectivity index is 2.40. The first-order valence-electron chi connectivity index (χ1n) is 6.48. The first-order valence-corrected chi connectivity index (χ1v) is 7.77. The molecule has 1 aliphatic heterocycles. The van der Waals surface area contributed by atoms with Crippen LogP contribution in [-0.2, 0) is 0 Å². The van der Waals surface area contributed by atoms with Crippen molar-refractivity contribution in [2.24, 2.45) is 0 Å². The highest BCUT2D eigenvalue weighted by Gasteiger charge is 2.28. The van der Waals surface area contributed by atoms with Crippen molar-refractivity contribution in [2.75, 3.05) is 24.2 Å². The van der Waals surface area contributed by atoms with Gasteiger partial charge in [-0.1, -0.05) is 6.42 Å². The second kappa shape index (κ2) is 6.57. The summed E-state index contributed by atoms with van der Waals surface area (Å²) in [7, 11) is 0. The monoisotopic (exact) mass is 292 g/mol. The van der Waals surface area contributed by atoms with Crippen LogP contribution in [0, 0.1) is 21.4 Å². The summed E-state index contributed by atoms with van der Waals surface area (Å²) in [4.78, 5) is 16.9. The second-order valence-electron chi connectivity index (χ2n) is 4.70. The van der Waals surface area contributed by atoms with Gasteiger partial charge in [0, 0.05) is 24.5 Å². The normalized spacial score (nSPS) is 19.2. The SMILES string of the molecule is CSC1CCCCN(c2nccc(C#N)c2[N+](=O)[O-])C1. The van der Waals surface area contributed by atoms with Gasteiger partial charge in [0.05, 0.1) is 4.92 Å². The minimum atomic E-state index is -0.500. The summed E-state index contributed by atoms with van der Waals surface area (Å²) >= 11 is 1.78. The molecule has 1 unspecified atom stereocenters. The fraction of sp³-hybridized carbons (Fsp3) is 0.538. The highest BCUT2D eigenvalue weighted by atomic mass is 32.2. The van der Waals surface area contributed by atoms with Crippen LogP contribution in [-0.4, -0.2) is 34.5 Å². The summed E-state index contributed by atoms with van der Waals surface area (Å²) in [5.74, 6) is 0.329. The van der Waals surface area contributed by atoms with Gasteiger partial charge in [0.1, 0.15) is 11.6 Å². The maximum atomic E-state index is 11.3. The molecule has 0 spiro atoms. The largest absolute Gasteiger partial charge is 0.350 e. The van der Waals surface area contributed by atoms with Gasteiger partial charge in [0.15, 0.2) is 0 Å². The molecule has 0 aliphatic carbocycles. The van der Waals surface area contributed by atoms with E-state index in [1.54, 1.807) is 11.8 Å². The average molecular weight is 292 g/mol. The van der Waals surface area contributed by atoms with Gasteiger partial charge in [-0.25, -0.2) is 4.98 Å². The number of rotatable bonds is 3.